The van der Waals surface area contributed by atoms with Crippen LogP contribution >= 0.6 is 0 Å². The van der Waals surface area contributed by atoms with Crippen molar-refractivity contribution in [3.8, 4) is 5.75 Å². The summed E-state index contributed by atoms with van der Waals surface area (Å²) >= 11 is 0. The van der Waals surface area contributed by atoms with Crippen molar-refractivity contribution in [2.45, 2.75) is 52.1 Å². The molecule has 1 atom stereocenters. The van der Waals surface area contributed by atoms with Gasteiger partial charge in [0, 0.05) is 18.5 Å². The highest BCUT2D eigenvalue weighted by Gasteiger charge is 2.05. The zero-order chi connectivity index (χ0) is 15.7. The van der Waals surface area contributed by atoms with Crippen molar-refractivity contribution in [2.24, 2.45) is 0 Å². The maximum absolute atomic E-state index is 11.7. The molecule has 1 unspecified atom stereocenters. The lowest BCUT2D eigenvalue weighted by Gasteiger charge is -2.13. The molecule has 116 valence electrons. The number of aliphatic carboxylic acids is 1. The van der Waals surface area contributed by atoms with Gasteiger partial charge in [-0.15, -0.1) is 0 Å². The number of unbranched alkanes of at least 4 members (excludes halogenated alkanes) is 1. The largest absolute Gasteiger partial charge is 0.491 e. The number of carbonyl (C=O) groups excluding carboxylic acids is 1. The Labute approximate surface area is 125 Å². The van der Waals surface area contributed by atoms with Gasteiger partial charge in [-0.25, -0.2) is 0 Å². The van der Waals surface area contributed by atoms with Gasteiger partial charge in [-0.2, -0.15) is 0 Å². The SMILES string of the molecule is CCC(C)Oc1ccc(NC(=O)CCCCC(=O)O)cc1. The first-order valence-electron chi connectivity index (χ1n) is 7.29. The molecule has 1 amide bonds. The van der Waals surface area contributed by atoms with E-state index in [0.717, 1.165) is 17.9 Å². The minimum absolute atomic E-state index is 0.101. The number of anilines is 1. The van der Waals surface area contributed by atoms with Crippen molar-refractivity contribution in [3.05, 3.63) is 24.3 Å². The second kappa shape index (κ2) is 9.00. The van der Waals surface area contributed by atoms with E-state index < -0.39 is 5.97 Å². The zero-order valence-corrected chi connectivity index (χ0v) is 12.6. The van der Waals surface area contributed by atoms with Crippen LogP contribution in [0.2, 0.25) is 0 Å². The summed E-state index contributed by atoms with van der Waals surface area (Å²) < 4.78 is 5.66. The van der Waals surface area contributed by atoms with Gasteiger partial charge in [-0.05, 0) is 50.5 Å². The number of amides is 1. The molecule has 21 heavy (non-hydrogen) atoms. The van der Waals surface area contributed by atoms with E-state index in [9.17, 15) is 9.59 Å². The molecule has 0 aliphatic heterocycles. The summed E-state index contributed by atoms with van der Waals surface area (Å²) in [7, 11) is 0. The van der Waals surface area contributed by atoms with Gasteiger partial charge in [0.25, 0.3) is 0 Å². The van der Waals surface area contributed by atoms with Crippen LogP contribution in [0.1, 0.15) is 46.0 Å². The summed E-state index contributed by atoms with van der Waals surface area (Å²) in [5, 5.41) is 11.3. The van der Waals surface area contributed by atoms with Crippen molar-refractivity contribution in [1.82, 2.24) is 0 Å². The normalized spacial score (nSPS) is 11.7. The molecule has 0 spiro atoms. The van der Waals surface area contributed by atoms with Gasteiger partial charge in [-0.1, -0.05) is 6.92 Å². The van der Waals surface area contributed by atoms with Crippen LogP contribution in [0.4, 0.5) is 5.69 Å². The average Bonchev–Trinajstić information content (AvgIpc) is 2.45. The molecular weight excluding hydrogens is 270 g/mol. The third-order valence-corrected chi connectivity index (χ3v) is 3.09. The molecule has 0 fully saturated rings. The van der Waals surface area contributed by atoms with E-state index in [4.69, 9.17) is 9.84 Å². The molecular formula is C16H23NO4. The highest BCUT2D eigenvalue weighted by atomic mass is 16.5. The van der Waals surface area contributed by atoms with Crippen LogP contribution in [-0.2, 0) is 9.59 Å². The quantitative estimate of drug-likeness (QED) is 0.684. The fourth-order valence-corrected chi connectivity index (χ4v) is 1.72. The smallest absolute Gasteiger partial charge is 0.303 e. The molecule has 5 nitrogen and oxygen atoms in total. The van der Waals surface area contributed by atoms with E-state index in [1.165, 1.54) is 0 Å². The van der Waals surface area contributed by atoms with Crippen LogP contribution in [0, 0.1) is 0 Å². The van der Waals surface area contributed by atoms with Crippen LogP contribution in [0.3, 0.4) is 0 Å². The summed E-state index contributed by atoms with van der Waals surface area (Å²) in [4.78, 5) is 22.0. The molecule has 1 aromatic rings. The van der Waals surface area contributed by atoms with Gasteiger partial charge in [0.05, 0.1) is 6.10 Å². The lowest BCUT2D eigenvalue weighted by atomic mass is 10.2. The third-order valence-electron chi connectivity index (χ3n) is 3.09. The number of ether oxygens (including phenoxy) is 1. The van der Waals surface area contributed by atoms with Crippen molar-refractivity contribution in [3.63, 3.8) is 0 Å². The van der Waals surface area contributed by atoms with Crippen LogP contribution in [-0.4, -0.2) is 23.1 Å². The first kappa shape index (κ1) is 17.0. The molecule has 0 saturated carbocycles. The van der Waals surface area contributed by atoms with Gasteiger partial charge in [-0.3, -0.25) is 9.59 Å². The Balaban J connectivity index is 2.34. The predicted octanol–water partition coefficient (Wildman–Crippen LogP) is 3.45. The minimum atomic E-state index is -0.827. The summed E-state index contributed by atoms with van der Waals surface area (Å²) in [5.74, 6) is -0.146. The Hall–Kier alpha value is -2.04. The summed E-state index contributed by atoms with van der Waals surface area (Å²) in [5.41, 5.74) is 0.717. The van der Waals surface area contributed by atoms with Crippen molar-refractivity contribution >= 4 is 17.6 Å². The first-order valence-corrected chi connectivity index (χ1v) is 7.29. The second-order valence-electron chi connectivity index (χ2n) is 5.01. The number of nitrogens with one attached hydrogen (secondary N) is 1. The topological polar surface area (TPSA) is 75.6 Å². The average molecular weight is 293 g/mol. The molecule has 0 aromatic heterocycles. The molecule has 0 saturated heterocycles. The summed E-state index contributed by atoms with van der Waals surface area (Å²) in [6.07, 6.45) is 2.64. The number of rotatable bonds is 9. The zero-order valence-electron chi connectivity index (χ0n) is 12.6. The van der Waals surface area contributed by atoms with Crippen LogP contribution in [0.25, 0.3) is 0 Å². The highest BCUT2D eigenvalue weighted by molar-refractivity contribution is 5.90. The molecule has 0 aliphatic carbocycles. The van der Waals surface area contributed by atoms with Gasteiger partial charge >= 0.3 is 5.97 Å². The maximum atomic E-state index is 11.7. The molecule has 0 bridgehead atoms. The first-order chi connectivity index (χ1) is 10.0. The monoisotopic (exact) mass is 293 g/mol. The van der Waals surface area contributed by atoms with Crippen molar-refractivity contribution in [2.75, 3.05) is 5.32 Å². The Kier molecular flexibility index (Phi) is 7.29. The standard InChI is InChI=1S/C16H23NO4/c1-3-12(2)21-14-10-8-13(9-11-14)17-15(18)6-4-5-7-16(19)20/h8-12H,3-7H2,1-2H3,(H,17,18)(H,19,20). The fraction of sp³-hybridized carbons (Fsp3) is 0.500. The Morgan fingerprint density at radius 2 is 1.81 bits per heavy atom. The van der Waals surface area contributed by atoms with E-state index in [-0.39, 0.29) is 18.4 Å². The van der Waals surface area contributed by atoms with Crippen LogP contribution in [0.5, 0.6) is 5.75 Å². The Morgan fingerprint density at radius 1 is 1.19 bits per heavy atom. The fourth-order valence-electron chi connectivity index (χ4n) is 1.72. The van der Waals surface area contributed by atoms with E-state index in [0.29, 0.717) is 19.3 Å². The van der Waals surface area contributed by atoms with Crippen LogP contribution in [0.15, 0.2) is 24.3 Å². The Morgan fingerprint density at radius 3 is 2.38 bits per heavy atom. The maximum Gasteiger partial charge on any atom is 0.303 e. The number of carbonyl (C=O) groups is 2. The second-order valence-corrected chi connectivity index (χ2v) is 5.01. The van der Waals surface area contributed by atoms with E-state index in [1.807, 2.05) is 19.1 Å². The Bertz CT molecular complexity index is 456. The molecule has 0 aliphatic rings. The van der Waals surface area contributed by atoms with E-state index >= 15 is 0 Å². The van der Waals surface area contributed by atoms with Crippen LogP contribution < -0.4 is 10.1 Å². The number of hydrogen-bond acceptors (Lipinski definition) is 3. The predicted molar refractivity (Wildman–Crippen MR) is 81.6 cm³/mol. The highest BCUT2D eigenvalue weighted by Crippen LogP contribution is 2.18. The summed E-state index contributed by atoms with van der Waals surface area (Å²) in [6, 6.07) is 7.25. The third kappa shape index (κ3) is 7.34. The number of hydrogen-bond donors (Lipinski definition) is 2. The molecule has 2 N–H and O–H groups in total. The van der Waals surface area contributed by atoms with Crippen molar-refractivity contribution in [1.29, 1.82) is 0 Å². The molecule has 5 heteroatoms. The molecule has 0 heterocycles. The van der Waals surface area contributed by atoms with Gasteiger partial charge in [0.1, 0.15) is 5.75 Å². The lowest BCUT2D eigenvalue weighted by Crippen LogP contribution is -2.12. The van der Waals surface area contributed by atoms with E-state index in [2.05, 4.69) is 12.2 Å². The lowest BCUT2D eigenvalue weighted by molar-refractivity contribution is -0.137. The number of carboxylic acid groups (broad SMARTS) is 1. The molecule has 1 aromatic carbocycles. The van der Waals surface area contributed by atoms with E-state index in [1.54, 1.807) is 12.1 Å². The van der Waals surface area contributed by atoms with Gasteiger partial charge in [0.15, 0.2) is 0 Å². The number of carboxylic acids is 1. The van der Waals surface area contributed by atoms with Gasteiger partial charge in [0.2, 0.25) is 5.91 Å². The summed E-state index contributed by atoms with van der Waals surface area (Å²) in [6.45, 7) is 4.07. The molecule has 1 rings (SSSR count). The van der Waals surface area contributed by atoms with Crippen molar-refractivity contribution < 1.29 is 19.4 Å². The van der Waals surface area contributed by atoms with Gasteiger partial charge < -0.3 is 15.2 Å². The number of benzene rings is 1. The molecule has 0 radical (unpaired) electrons. The minimum Gasteiger partial charge on any atom is -0.491 e.